The molecular formula is C20H23NO. The van der Waals surface area contributed by atoms with Crippen molar-refractivity contribution in [1.82, 2.24) is 4.90 Å². The zero-order valence-electron chi connectivity index (χ0n) is 13.0. The monoisotopic (exact) mass is 293 g/mol. The summed E-state index contributed by atoms with van der Waals surface area (Å²) in [4.78, 5) is 15.6. The first-order valence-electron chi connectivity index (χ1n) is 8.55. The Kier molecular flexibility index (Phi) is 3.71. The minimum atomic E-state index is 0.179. The number of nitrogens with zero attached hydrogens (tertiary/aromatic N) is 1. The molecule has 114 valence electrons. The summed E-state index contributed by atoms with van der Waals surface area (Å²) in [5.41, 5.74) is 0.913. The predicted octanol–water partition coefficient (Wildman–Crippen LogP) is 4.14. The van der Waals surface area contributed by atoms with E-state index in [0.717, 1.165) is 36.3 Å². The van der Waals surface area contributed by atoms with Crippen LogP contribution in [0.25, 0.3) is 10.8 Å². The van der Waals surface area contributed by atoms with Crippen LogP contribution in [0.1, 0.15) is 36.0 Å². The van der Waals surface area contributed by atoms with E-state index in [2.05, 4.69) is 23.1 Å². The van der Waals surface area contributed by atoms with Crippen molar-refractivity contribution in [3.05, 3.63) is 48.0 Å². The summed E-state index contributed by atoms with van der Waals surface area (Å²) in [6.07, 6.45) is 4.98. The highest BCUT2D eigenvalue weighted by molar-refractivity contribution is 6.09. The standard InChI is InChI=1S/C20H23NO/c22-20(17-7-4-12-21(14-17)13-15-10-11-15)19-9-3-6-16-5-1-2-8-18(16)19/h1-3,5-6,8-9,15,17H,4,7,10-14H2. The molecule has 2 aliphatic rings. The second-order valence-electron chi connectivity index (χ2n) is 6.93. The molecule has 1 heterocycles. The maximum Gasteiger partial charge on any atom is 0.167 e. The van der Waals surface area contributed by atoms with Gasteiger partial charge >= 0.3 is 0 Å². The largest absolute Gasteiger partial charge is 0.302 e. The summed E-state index contributed by atoms with van der Waals surface area (Å²) in [5.74, 6) is 1.43. The van der Waals surface area contributed by atoms with Crippen LogP contribution in [0, 0.1) is 11.8 Å². The number of carbonyl (C=O) groups is 1. The van der Waals surface area contributed by atoms with Crippen molar-refractivity contribution in [2.75, 3.05) is 19.6 Å². The van der Waals surface area contributed by atoms with Gasteiger partial charge in [-0.05, 0) is 48.9 Å². The van der Waals surface area contributed by atoms with Crippen molar-refractivity contribution in [1.29, 1.82) is 0 Å². The lowest BCUT2D eigenvalue weighted by atomic mass is 9.88. The van der Waals surface area contributed by atoms with E-state index in [-0.39, 0.29) is 5.92 Å². The number of hydrogen-bond acceptors (Lipinski definition) is 2. The molecule has 1 aliphatic heterocycles. The van der Waals surface area contributed by atoms with Gasteiger partial charge in [-0.25, -0.2) is 0 Å². The topological polar surface area (TPSA) is 20.3 Å². The maximum atomic E-state index is 13.0. The molecule has 1 saturated heterocycles. The lowest BCUT2D eigenvalue weighted by Gasteiger charge is -2.32. The first-order valence-corrected chi connectivity index (χ1v) is 8.55. The number of piperidine rings is 1. The van der Waals surface area contributed by atoms with Crippen LogP contribution in [0.15, 0.2) is 42.5 Å². The van der Waals surface area contributed by atoms with E-state index in [1.165, 1.54) is 31.3 Å². The molecule has 0 N–H and O–H groups in total. The van der Waals surface area contributed by atoms with Crippen LogP contribution in [0.3, 0.4) is 0 Å². The van der Waals surface area contributed by atoms with Crippen LogP contribution < -0.4 is 0 Å². The Hall–Kier alpha value is -1.67. The Morgan fingerprint density at radius 1 is 1.05 bits per heavy atom. The van der Waals surface area contributed by atoms with Crippen molar-refractivity contribution in [2.24, 2.45) is 11.8 Å². The second kappa shape index (κ2) is 5.85. The molecule has 1 aliphatic carbocycles. The number of likely N-dealkylation sites (tertiary alicyclic amines) is 1. The normalized spacial score (nSPS) is 22.8. The fourth-order valence-electron chi connectivity index (χ4n) is 3.76. The molecule has 2 nitrogen and oxygen atoms in total. The number of carbonyl (C=O) groups excluding carboxylic acids is 1. The van der Waals surface area contributed by atoms with Crippen molar-refractivity contribution < 1.29 is 4.79 Å². The van der Waals surface area contributed by atoms with Crippen LogP contribution in [0.4, 0.5) is 0 Å². The fourth-order valence-corrected chi connectivity index (χ4v) is 3.76. The van der Waals surface area contributed by atoms with Gasteiger partial charge in [-0.3, -0.25) is 4.79 Å². The molecule has 1 atom stereocenters. The third kappa shape index (κ3) is 2.80. The highest BCUT2D eigenvalue weighted by atomic mass is 16.1. The molecule has 0 amide bonds. The first kappa shape index (κ1) is 14.0. The van der Waals surface area contributed by atoms with Gasteiger partial charge < -0.3 is 4.90 Å². The molecule has 2 aromatic rings. The van der Waals surface area contributed by atoms with Gasteiger partial charge in [-0.2, -0.15) is 0 Å². The minimum absolute atomic E-state index is 0.179. The SMILES string of the molecule is O=C(c1cccc2ccccc12)C1CCCN(CC2CC2)C1. The lowest BCUT2D eigenvalue weighted by molar-refractivity contribution is 0.0816. The smallest absolute Gasteiger partial charge is 0.167 e. The first-order chi connectivity index (χ1) is 10.8. The molecular weight excluding hydrogens is 270 g/mol. The van der Waals surface area contributed by atoms with Crippen LogP contribution >= 0.6 is 0 Å². The van der Waals surface area contributed by atoms with Crippen LogP contribution in [0.2, 0.25) is 0 Å². The van der Waals surface area contributed by atoms with Crippen LogP contribution in [-0.2, 0) is 0 Å². The van der Waals surface area contributed by atoms with Gasteiger partial charge in [0, 0.05) is 24.6 Å². The average Bonchev–Trinajstić information content (AvgIpc) is 3.38. The molecule has 22 heavy (non-hydrogen) atoms. The molecule has 0 radical (unpaired) electrons. The predicted molar refractivity (Wildman–Crippen MR) is 90.2 cm³/mol. The van der Waals surface area contributed by atoms with E-state index >= 15 is 0 Å². The molecule has 4 rings (SSSR count). The summed E-state index contributed by atoms with van der Waals surface area (Å²) >= 11 is 0. The van der Waals surface area contributed by atoms with Crippen molar-refractivity contribution in [2.45, 2.75) is 25.7 Å². The summed E-state index contributed by atoms with van der Waals surface area (Å²) in [5, 5.41) is 2.27. The third-order valence-electron chi connectivity index (χ3n) is 5.14. The number of rotatable bonds is 4. The Bertz CT molecular complexity index is 684. The van der Waals surface area contributed by atoms with E-state index in [1.807, 2.05) is 24.3 Å². The molecule has 0 aromatic heterocycles. The van der Waals surface area contributed by atoms with Crippen molar-refractivity contribution in [3.63, 3.8) is 0 Å². The van der Waals surface area contributed by atoms with Gasteiger partial charge in [-0.1, -0.05) is 42.5 Å². The van der Waals surface area contributed by atoms with Gasteiger partial charge in [0.2, 0.25) is 0 Å². The quantitative estimate of drug-likeness (QED) is 0.789. The highest BCUT2D eigenvalue weighted by Crippen LogP contribution is 2.32. The van der Waals surface area contributed by atoms with E-state index in [0.29, 0.717) is 5.78 Å². The van der Waals surface area contributed by atoms with Crippen LogP contribution in [-0.4, -0.2) is 30.3 Å². The number of hydrogen-bond donors (Lipinski definition) is 0. The van der Waals surface area contributed by atoms with Gasteiger partial charge in [-0.15, -0.1) is 0 Å². The van der Waals surface area contributed by atoms with Gasteiger partial charge in [0.1, 0.15) is 0 Å². The third-order valence-corrected chi connectivity index (χ3v) is 5.14. The van der Waals surface area contributed by atoms with Crippen LogP contribution in [0.5, 0.6) is 0 Å². The molecule has 1 saturated carbocycles. The molecule has 2 aromatic carbocycles. The zero-order chi connectivity index (χ0) is 14.9. The van der Waals surface area contributed by atoms with Gasteiger partial charge in [0.25, 0.3) is 0 Å². The number of Topliss-reactive ketones (excluding diaryl/α,β-unsaturated/α-hetero) is 1. The Morgan fingerprint density at radius 2 is 1.86 bits per heavy atom. The van der Waals surface area contributed by atoms with E-state index in [4.69, 9.17) is 0 Å². The fraction of sp³-hybridized carbons (Fsp3) is 0.450. The van der Waals surface area contributed by atoms with E-state index in [1.54, 1.807) is 0 Å². The summed E-state index contributed by atoms with van der Waals surface area (Å²) in [6, 6.07) is 14.3. The van der Waals surface area contributed by atoms with Gasteiger partial charge in [0.05, 0.1) is 0 Å². The second-order valence-corrected chi connectivity index (χ2v) is 6.93. The highest BCUT2D eigenvalue weighted by Gasteiger charge is 2.31. The average molecular weight is 293 g/mol. The number of fused-ring (bicyclic) bond motifs is 1. The summed E-state index contributed by atoms with van der Waals surface area (Å²) in [6.45, 7) is 3.34. The molecule has 0 bridgehead atoms. The molecule has 2 heteroatoms. The van der Waals surface area contributed by atoms with Crippen molar-refractivity contribution >= 4 is 16.6 Å². The number of ketones is 1. The Morgan fingerprint density at radius 3 is 2.73 bits per heavy atom. The Balaban J connectivity index is 1.56. The summed E-state index contributed by atoms with van der Waals surface area (Å²) in [7, 11) is 0. The van der Waals surface area contributed by atoms with E-state index < -0.39 is 0 Å². The lowest BCUT2D eigenvalue weighted by Crippen LogP contribution is -2.39. The zero-order valence-corrected chi connectivity index (χ0v) is 13.0. The van der Waals surface area contributed by atoms with Gasteiger partial charge in [0.15, 0.2) is 5.78 Å². The molecule has 2 fully saturated rings. The van der Waals surface area contributed by atoms with Crippen molar-refractivity contribution in [3.8, 4) is 0 Å². The van der Waals surface area contributed by atoms with E-state index in [9.17, 15) is 4.79 Å². The molecule has 0 spiro atoms. The molecule has 1 unspecified atom stereocenters. The summed E-state index contributed by atoms with van der Waals surface area (Å²) < 4.78 is 0. The maximum absolute atomic E-state index is 13.0. The minimum Gasteiger partial charge on any atom is -0.302 e. The number of benzene rings is 2. The Labute approximate surface area is 132 Å².